The van der Waals surface area contributed by atoms with E-state index in [1.54, 1.807) is 0 Å². The van der Waals surface area contributed by atoms with Gasteiger partial charge in [0.1, 0.15) is 0 Å². The third kappa shape index (κ3) is 4.31. The van der Waals surface area contributed by atoms with E-state index >= 15 is 0 Å². The SMILES string of the molecule is OC1CC=C(CCCCC2=NCC(O)CN2)NC1. The fraction of sp³-hybridized carbons (Fsp3) is 0.769. The second-order valence-electron chi connectivity index (χ2n) is 5.03. The van der Waals surface area contributed by atoms with Gasteiger partial charge >= 0.3 is 0 Å². The quantitative estimate of drug-likeness (QED) is 0.526. The summed E-state index contributed by atoms with van der Waals surface area (Å²) in [6, 6.07) is 0. The molecule has 0 radical (unpaired) electrons. The normalized spacial score (nSPS) is 27.9. The second-order valence-corrected chi connectivity index (χ2v) is 5.03. The van der Waals surface area contributed by atoms with Gasteiger partial charge in [-0.15, -0.1) is 0 Å². The molecule has 5 heteroatoms. The van der Waals surface area contributed by atoms with E-state index in [-0.39, 0.29) is 12.2 Å². The summed E-state index contributed by atoms with van der Waals surface area (Å²) in [7, 11) is 0. The van der Waals surface area contributed by atoms with Crippen molar-refractivity contribution in [3.05, 3.63) is 11.8 Å². The number of hydrogen-bond acceptors (Lipinski definition) is 5. The number of aliphatic hydroxyl groups excluding tert-OH is 2. The van der Waals surface area contributed by atoms with Gasteiger partial charge in [0.2, 0.25) is 0 Å². The van der Waals surface area contributed by atoms with Crippen molar-refractivity contribution in [2.24, 2.45) is 4.99 Å². The number of amidine groups is 1. The van der Waals surface area contributed by atoms with E-state index in [9.17, 15) is 10.2 Å². The molecule has 2 rings (SSSR count). The van der Waals surface area contributed by atoms with E-state index in [2.05, 4.69) is 21.7 Å². The number of nitrogens with zero attached hydrogens (tertiary/aromatic N) is 1. The highest BCUT2D eigenvalue weighted by Gasteiger charge is 2.12. The van der Waals surface area contributed by atoms with Crippen molar-refractivity contribution in [2.45, 2.75) is 44.3 Å². The van der Waals surface area contributed by atoms with Gasteiger partial charge in [0.15, 0.2) is 0 Å². The molecule has 0 spiro atoms. The molecule has 4 N–H and O–H groups in total. The lowest BCUT2D eigenvalue weighted by atomic mass is 10.1. The van der Waals surface area contributed by atoms with Crippen LogP contribution in [0.5, 0.6) is 0 Å². The number of aliphatic hydroxyl groups is 2. The molecule has 0 bridgehead atoms. The molecular formula is C13H23N3O2. The molecule has 2 heterocycles. The van der Waals surface area contributed by atoms with E-state index < -0.39 is 0 Å². The van der Waals surface area contributed by atoms with E-state index in [1.165, 1.54) is 5.70 Å². The smallest absolute Gasteiger partial charge is 0.0965 e. The maximum Gasteiger partial charge on any atom is 0.0965 e. The first kappa shape index (κ1) is 13.4. The monoisotopic (exact) mass is 253 g/mol. The molecule has 0 saturated heterocycles. The van der Waals surface area contributed by atoms with E-state index in [1.807, 2.05) is 0 Å². The van der Waals surface area contributed by atoms with Crippen LogP contribution in [0.4, 0.5) is 0 Å². The Bertz CT molecular complexity index is 296. The highest BCUT2D eigenvalue weighted by atomic mass is 16.3. The van der Waals surface area contributed by atoms with Crippen LogP contribution in [-0.4, -0.2) is 47.9 Å². The van der Waals surface area contributed by atoms with Crippen molar-refractivity contribution >= 4 is 5.84 Å². The van der Waals surface area contributed by atoms with Gasteiger partial charge in [0, 0.05) is 25.2 Å². The number of hydrogen-bond donors (Lipinski definition) is 4. The fourth-order valence-corrected chi connectivity index (χ4v) is 2.22. The number of allylic oxidation sites excluding steroid dienone is 1. The summed E-state index contributed by atoms with van der Waals surface area (Å²) in [5.74, 6) is 1.03. The zero-order chi connectivity index (χ0) is 12.8. The molecule has 0 amide bonds. The maximum atomic E-state index is 9.34. The molecule has 0 aliphatic carbocycles. The van der Waals surface area contributed by atoms with E-state index in [4.69, 9.17) is 0 Å². The van der Waals surface area contributed by atoms with Gasteiger partial charge in [-0.3, -0.25) is 4.99 Å². The first-order chi connectivity index (χ1) is 8.74. The van der Waals surface area contributed by atoms with Gasteiger partial charge in [-0.05, 0) is 25.7 Å². The summed E-state index contributed by atoms with van der Waals surface area (Å²) in [5, 5.41) is 25.0. The molecule has 0 aromatic carbocycles. The number of aliphatic imine (C=N–C) groups is 1. The summed E-state index contributed by atoms with van der Waals surface area (Å²) in [6.45, 7) is 1.84. The maximum absolute atomic E-state index is 9.34. The van der Waals surface area contributed by atoms with Crippen LogP contribution in [0.25, 0.3) is 0 Å². The van der Waals surface area contributed by atoms with Crippen molar-refractivity contribution in [1.29, 1.82) is 0 Å². The summed E-state index contributed by atoms with van der Waals surface area (Å²) < 4.78 is 0. The number of rotatable bonds is 5. The molecule has 0 saturated carbocycles. The number of β-amino-alcohol motifs (C(OH)–C–C–N with tert-alkyl or cyclic N) is 2. The molecule has 0 aromatic heterocycles. The lowest BCUT2D eigenvalue weighted by Crippen LogP contribution is -2.38. The number of nitrogens with one attached hydrogen (secondary N) is 2. The lowest BCUT2D eigenvalue weighted by Gasteiger charge is -2.21. The van der Waals surface area contributed by atoms with Crippen molar-refractivity contribution < 1.29 is 10.2 Å². The zero-order valence-electron chi connectivity index (χ0n) is 10.7. The average Bonchev–Trinajstić information content (AvgIpc) is 2.39. The van der Waals surface area contributed by atoms with Gasteiger partial charge in [0.05, 0.1) is 24.6 Å². The summed E-state index contributed by atoms with van der Waals surface area (Å²) in [4.78, 5) is 4.30. The zero-order valence-corrected chi connectivity index (χ0v) is 10.7. The average molecular weight is 253 g/mol. The summed E-state index contributed by atoms with van der Waals surface area (Å²) in [6.07, 6.45) is 6.56. The Labute approximate surface area is 108 Å². The Hall–Kier alpha value is -1.07. The Balaban J connectivity index is 1.59. The van der Waals surface area contributed by atoms with Crippen LogP contribution in [0, 0.1) is 0 Å². The standard InChI is InChI=1S/C13H23N3O2/c17-11-6-5-10(14-7-11)3-1-2-4-13-15-8-12(18)9-16-13/h5,11-12,14,17-18H,1-4,6-9H2,(H,15,16). The van der Waals surface area contributed by atoms with Crippen LogP contribution >= 0.6 is 0 Å². The fourth-order valence-electron chi connectivity index (χ4n) is 2.22. The minimum Gasteiger partial charge on any atom is -0.391 e. The minimum absolute atomic E-state index is 0.221. The van der Waals surface area contributed by atoms with E-state index in [0.717, 1.165) is 37.9 Å². The topological polar surface area (TPSA) is 76.9 Å². The first-order valence-corrected chi connectivity index (χ1v) is 6.80. The second kappa shape index (κ2) is 6.75. The van der Waals surface area contributed by atoms with Crippen molar-refractivity contribution in [3.63, 3.8) is 0 Å². The predicted octanol–water partition coefficient (Wildman–Crippen LogP) is 0.148. The predicted molar refractivity (Wildman–Crippen MR) is 71.5 cm³/mol. The highest BCUT2D eigenvalue weighted by Crippen LogP contribution is 2.12. The summed E-state index contributed by atoms with van der Waals surface area (Å²) >= 11 is 0. The van der Waals surface area contributed by atoms with E-state index in [0.29, 0.717) is 19.6 Å². The lowest BCUT2D eigenvalue weighted by molar-refractivity contribution is 0.171. The molecule has 2 unspecified atom stereocenters. The molecule has 18 heavy (non-hydrogen) atoms. The van der Waals surface area contributed by atoms with Gasteiger partial charge in [0.25, 0.3) is 0 Å². The molecule has 2 aliphatic rings. The Morgan fingerprint density at radius 3 is 2.56 bits per heavy atom. The van der Waals surface area contributed by atoms with Crippen LogP contribution in [0.2, 0.25) is 0 Å². The molecule has 5 nitrogen and oxygen atoms in total. The van der Waals surface area contributed by atoms with Gasteiger partial charge < -0.3 is 20.8 Å². The van der Waals surface area contributed by atoms with Crippen LogP contribution in [0.1, 0.15) is 32.1 Å². The molecule has 0 aromatic rings. The van der Waals surface area contributed by atoms with Gasteiger partial charge in [-0.1, -0.05) is 6.08 Å². The first-order valence-electron chi connectivity index (χ1n) is 6.80. The van der Waals surface area contributed by atoms with Crippen molar-refractivity contribution in [1.82, 2.24) is 10.6 Å². The molecular weight excluding hydrogens is 230 g/mol. The van der Waals surface area contributed by atoms with Crippen LogP contribution in [0.15, 0.2) is 16.8 Å². The van der Waals surface area contributed by atoms with Crippen molar-refractivity contribution in [3.8, 4) is 0 Å². The van der Waals surface area contributed by atoms with Crippen LogP contribution < -0.4 is 10.6 Å². The van der Waals surface area contributed by atoms with Crippen LogP contribution in [0.3, 0.4) is 0 Å². The molecule has 0 fully saturated rings. The minimum atomic E-state index is -0.322. The summed E-state index contributed by atoms with van der Waals surface area (Å²) in [5.41, 5.74) is 1.26. The van der Waals surface area contributed by atoms with Crippen molar-refractivity contribution in [2.75, 3.05) is 19.6 Å². The molecule has 102 valence electrons. The van der Waals surface area contributed by atoms with Crippen LogP contribution in [-0.2, 0) is 0 Å². The van der Waals surface area contributed by atoms with Gasteiger partial charge in [-0.2, -0.15) is 0 Å². The molecule has 2 atom stereocenters. The largest absolute Gasteiger partial charge is 0.391 e. The third-order valence-electron chi connectivity index (χ3n) is 3.35. The third-order valence-corrected chi connectivity index (χ3v) is 3.35. The number of unbranched alkanes of at least 4 members (excludes halogenated alkanes) is 1. The Kier molecular flexibility index (Phi) is 5.01. The highest BCUT2D eigenvalue weighted by molar-refractivity contribution is 5.82. The van der Waals surface area contributed by atoms with Gasteiger partial charge in [-0.25, -0.2) is 0 Å². The Morgan fingerprint density at radius 2 is 1.89 bits per heavy atom. The Morgan fingerprint density at radius 1 is 1.11 bits per heavy atom. The molecule has 2 aliphatic heterocycles.